The highest BCUT2D eigenvalue weighted by Gasteiger charge is 2.45. The number of benzene rings is 1. The summed E-state index contributed by atoms with van der Waals surface area (Å²) in [5.41, 5.74) is 2.44. The maximum Gasteiger partial charge on any atom is 0.193 e. The van der Waals surface area contributed by atoms with Gasteiger partial charge in [0, 0.05) is 32.1 Å². The lowest BCUT2D eigenvalue weighted by atomic mass is 9.86. The van der Waals surface area contributed by atoms with E-state index >= 15 is 0 Å². The highest BCUT2D eigenvalue weighted by atomic mass is 127. The first kappa shape index (κ1) is 18.0. The smallest absolute Gasteiger partial charge is 0.193 e. The summed E-state index contributed by atoms with van der Waals surface area (Å²) in [5, 5.41) is 3.69. The quantitative estimate of drug-likeness (QED) is 0.435. The maximum atomic E-state index is 4.58. The maximum absolute atomic E-state index is 4.58. The molecule has 24 heavy (non-hydrogen) atoms. The van der Waals surface area contributed by atoms with Gasteiger partial charge in [0.05, 0.1) is 0 Å². The average molecular weight is 439 g/mol. The van der Waals surface area contributed by atoms with Crippen molar-refractivity contribution >= 4 is 29.9 Å². The van der Waals surface area contributed by atoms with Gasteiger partial charge in [-0.15, -0.1) is 24.0 Å². The molecule has 0 amide bonds. The molecule has 1 aromatic carbocycles. The molecule has 0 aromatic heterocycles. The van der Waals surface area contributed by atoms with Crippen LogP contribution in [0.4, 0.5) is 0 Å². The third-order valence-corrected chi connectivity index (χ3v) is 6.44. The number of likely N-dealkylation sites (tertiary alicyclic amines) is 1. The second-order valence-electron chi connectivity index (χ2n) is 7.93. The summed E-state index contributed by atoms with van der Waals surface area (Å²) in [6.45, 7) is 3.41. The molecule has 4 heteroatoms. The molecular formula is C20H30IN3. The zero-order valence-electron chi connectivity index (χ0n) is 14.8. The molecule has 2 saturated carbocycles. The summed E-state index contributed by atoms with van der Waals surface area (Å²) in [5.74, 6) is 1.12. The normalized spacial score (nSPS) is 24.0. The lowest BCUT2D eigenvalue weighted by Crippen LogP contribution is -2.43. The number of hydrogen-bond acceptors (Lipinski definition) is 1. The van der Waals surface area contributed by atoms with Crippen molar-refractivity contribution in [2.45, 2.75) is 50.4 Å². The van der Waals surface area contributed by atoms with E-state index in [0.29, 0.717) is 10.8 Å². The molecule has 0 bridgehead atoms. The molecule has 2 aliphatic carbocycles. The van der Waals surface area contributed by atoms with Gasteiger partial charge >= 0.3 is 0 Å². The number of halogens is 1. The third-order valence-electron chi connectivity index (χ3n) is 6.44. The molecule has 1 aromatic rings. The van der Waals surface area contributed by atoms with Crippen molar-refractivity contribution in [1.29, 1.82) is 0 Å². The monoisotopic (exact) mass is 439 g/mol. The molecule has 1 spiro atoms. The standard InChI is InChI=1S/C20H29N3.HI/c1-21-18(23-14-13-19(16-23)9-5-6-10-19)22-15-20(11-12-20)17-7-3-2-4-8-17;/h2-4,7-8H,5-6,9-16H2,1H3,(H,21,22);1H. The highest BCUT2D eigenvalue weighted by molar-refractivity contribution is 14.0. The van der Waals surface area contributed by atoms with Crippen LogP contribution in [0.25, 0.3) is 0 Å². The molecule has 0 atom stereocenters. The predicted molar refractivity (Wildman–Crippen MR) is 111 cm³/mol. The van der Waals surface area contributed by atoms with Crippen LogP contribution < -0.4 is 5.32 Å². The topological polar surface area (TPSA) is 27.6 Å². The number of nitrogens with one attached hydrogen (secondary N) is 1. The van der Waals surface area contributed by atoms with Crippen LogP contribution in [0.1, 0.15) is 50.5 Å². The molecule has 0 radical (unpaired) electrons. The van der Waals surface area contributed by atoms with Crippen molar-refractivity contribution in [1.82, 2.24) is 10.2 Å². The number of rotatable bonds is 3. The molecule has 3 aliphatic rings. The Morgan fingerprint density at radius 2 is 1.79 bits per heavy atom. The van der Waals surface area contributed by atoms with Crippen LogP contribution >= 0.6 is 24.0 Å². The predicted octanol–water partition coefficient (Wildman–Crippen LogP) is 4.18. The Balaban J connectivity index is 0.00000169. The van der Waals surface area contributed by atoms with Crippen LogP contribution in [0.2, 0.25) is 0 Å². The van der Waals surface area contributed by atoms with E-state index in [1.54, 1.807) is 0 Å². The van der Waals surface area contributed by atoms with Crippen LogP contribution in [-0.2, 0) is 5.41 Å². The van der Waals surface area contributed by atoms with Crippen molar-refractivity contribution in [2.75, 3.05) is 26.7 Å². The number of aliphatic imine (C=N–C) groups is 1. The molecule has 3 nitrogen and oxygen atoms in total. The summed E-state index contributed by atoms with van der Waals surface area (Å²) in [6, 6.07) is 11.0. The Morgan fingerprint density at radius 1 is 1.08 bits per heavy atom. The van der Waals surface area contributed by atoms with Crippen molar-refractivity contribution in [3.8, 4) is 0 Å². The first-order valence-corrected chi connectivity index (χ1v) is 9.27. The molecule has 4 rings (SSSR count). The van der Waals surface area contributed by atoms with Crippen molar-refractivity contribution < 1.29 is 0 Å². The van der Waals surface area contributed by atoms with Gasteiger partial charge in [-0.05, 0) is 43.1 Å². The van der Waals surface area contributed by atoms with Crippen LogP contribution in [0.5, 0.6) is 0 Å². The Labute approximate surface area is 163 Å². The van der Waals surface area contributed by atoms with Crippen molar-refractivity contribution in [3.63, 3.8) is 0 Å². The van der Waals surface area contributed by atoms with Crippen LogP contribution in [0, 0.1) is 5.41 Å². The highest BCUT2D eigenvalue weighted by Crippen LogP contribution is 2.48. The number of guanidine groups is 1. The molecule has 1 saturated heterocycles. The molecule has 1 heterocycles. The number of hydrogen-bond donors (Lipinski definition) is 1. The van der Waals surface area contributed by atoms with Gasteiger partial charge in [0.15, 0.2) is 5.96 Å². The number of nitrogens with zero attached hydrogens (tertiary/aromatic N) is 2. The van der Waals surface area contributed by atoms with E-state index in [4.69, 9.17) is 0 Å². The van der Waals surface area contributed by atoms with Crippen molar-refractivity contribution in [3.05, 3.63) is 35.9 Å². The minimum Gasteiger partial charge on any atom is -0.355 e. The fraction of sp³-hybridized carbons (Fsp3) is 0.650. The van der Waals surface area contributed by atoms with Gasteiger partial charge < -0.3 is 10.2 Å². The van der Waals surface area contributed by atoms with E-state index in [0.717, 1.165) is 12.5 Å². The van der Waals surface area contributed by atoms with Crippen LogP contribution in [0.15, 0.2) is 35.3 Å². The summed E-state index contributed by atoms with van der Waals surface area (Å²) >= 11 is 0. The molecule has 132 valence electrons. The lowest BCUT2D eigenvalue weighted by Gasteiger charge is -2.27. The zero-order valence-corrected chi connectivity index (χ0v) is 17.1. The summed E-state index contributed by atoms with van der Waals surface area (Å²) in [6.07, 6.45) is 9.66. The minimum atomic E-state index is 0. The Bertz CT molecular complexity index is 574. The Morgan fingerprint density at radius 3 is 2.42 bits per heavy atom. The van der Waals surface area contributed by atoms with Gasteiger partial charge in [-0.25, -0.2) is 0 Å². The molecule has 3 fully saturated rings. The van der Waals surface area contributed by atoms with E-state index in [-0.39, 0.29) is 24.0 Å². The summed E-state index contributed by atoms with van der Waals surface area (Å²) < 4.78 is 0. The van der Waals surface area contributed by atoms with Gasteiger partial charge in [0.25, 0.3) is 0 Å². The molecule has 0 unspecified atom stereocenters. The minimum absolute atomic E-state index is 0. The van der Waals surface area contributed by atoms with Gasteiger partial charge in [-0.2, -0.15) is 0 Å². The first-order valence-electron chi connectivity index (χ1n) is 9.27. The van der Waals surface area contributed by atoms with Crippen LogP contribution in [0.3, 0.4) is 0 Å². The SMILES string of the molecule is CN=C(NCC1(c2ccccc2)CC1)N1CCC2(CCCC2)C1.I. The Kier molecular flexibility index (Phi) is 5.42. The van der Waals surface area contributed by atoms with Gasteiger partial charge in [-0.3, -0.25) is 4.99 Å². The molecular weight excluding hydrogens is 409 g/mol. The first-order chi connectivity index (χ1) is 11.3. The lowest BCUT2D eigenvalue weighted by molar-refractivity contribution is 0.309. The second-order valence-corrected chi connectivity index (χ2v) is 7.93. The van der Waals surface area contributed by atoms with E-state index in [1.165, 1.54) is 63.6 Å². The van der Waals surface area contributed by atoms with Gasteiger partial charge in [0.1, 0.15) is 0 Å². The second kappa shape index (κ2) is 7.22. The van der Waals surface area contributed by atoms with Gasteiger partial charge in [0.2, 0.25) is 0 Å². The van der Waals surface area contributed by atoms with E-state index < -0.39 is 0 Å². The van der Waals surface area contributed by atoms with E-state index in [9.17, 15) is 0 Å². The Hall–Kier alpha value is -0.780. The van der Waals surface area contributed by atoms with Gasteiger partial charge in [-0.1, -0.05) is 43.2 Å². The third kappa shape index (κ3) is 3.44. The largest absolute Gasteiger partial charge is 0.355 e. The molecule has 1 aliphatic heterocycles. The van der Waals surface area contributed by atoms with Crippen molar-refractivity contribution in [2.24, 2.45) is 10.4 Å². The van der Waals surface area contributed by atoms with E-state index in [1.807, 2.05) is 7.05 Å². The summed E-state index contributed by atoms with van der Waals surface area (Å²) in [4.78, 5) is 7.09. The fourth-order valence-corrected chi connectivity index (χ4v) is 4.74. The molecule has 1 N–H and O–H groups in total. The zero-order chi connectivity index (χ0) is 15.8. The summed E-state index contributed by atoms with van der Waals surface area (Å²) in [7, 11) is 1.93. The fourth-order valence-electron chi connectivity index (χ4n) is 4.74. The average Bonchev–Trinajstić information content (AvgIpc) is 3.07. The van der Waals surface area contributed by atoms with E-state index in [2.05, 4.69) is 45.5 Å². The van der Waals surface area contributed by atoms with Crippen LogP contribution in [-0.4, -0.2) is 37.5 Å².